The maximum absolute atomic E-state index is 12.8. The average Bonchev–Trinajstić information content (AvgIpc) is 3.41. The van der Waals surface area contributed by atoms with Gasteiger partial charge < -0.3 is 19.7 Å². The van der Waals surface area contributed by atoms with Crippen LogP contribution in [0.2, 0.25) is 0 Å². The molecule has 1 N–H and O–H groups in total. The smallest absolute Gasteiger partial charge is 0.274 e. The molecular formula is C22H24N4O4. The Hall–Kier alpha value is -3.42. The van der Waals surface area contributed by atoms with Crippen LogP contribution >= 0.6 is 0 Å². The number of pyridine rings is 1. The number of amides is 3. The summed E-state index contributed by atoms with van der Waals surface area (Å²) >= 11 is 0. The Labute approximate surface area is 174 Å². The first-order valence-electron chi connectivity index (χ1n) is 10.1. The number of anilines is 2. The Morgan fingerprint density at radius 2 is 1.77 bits per heavy atom. The van der Waals surface area contributed by atoms with Crippen LogP contribution in [0.4, 0.5) is 11.4 Å². The Balaban J connectivity index is 1.51. The third kappa shape index (κ3) is 3.85. The maximum Gasteiger partial charge on any atom is 0.274 e. The third-order valence-electron chi connectivity index (χ3n) is 5.65. The molecule has 0 aliphatic carbocycles. The van der Waals surface area contributed by atoms with Crippen molar-refractivity contribution in [2.24, 2.45) is 13.0 Å². The molecule has 2 aliphatic rings. The van der Waals surface area contributed by atoms with Gasteiger partial charge in [-0.15, -0.1) is 0 Å². The molecule has 1 unspecified atom stereocenters. The summed E-state index contributed by atoms with van der Waals surface area (Å²) < 4.78 is 1.30. The lowest BCUT2D eigenvalue weighted by Crippen LogP contribution is -2.32. The van der Waals surface area contributed by atoms with Crippen molar-refractivity contribution in [2.45, 2.75) is 19.3 Å². The fourth-order valence-electron chi connectivity index (χ4n) is 4.00. The largest absolute Gasteiger partial charge is 0.339 e. The molecule has 0 saturated carbocycles. The number of nitrogens with zero attached hydrogens (tertiary/aromatic N) is 3. The number of rotatable bonds is 4. The second-order valence-electron chi connectivity index (χ2n) is 7.79. The molecule has 1 aromatic heterocycles. The van der Waals surface area contributed by atoms with Gasteiger partial charge >= 0.3 is 0 Å². The summed E-state index contributed by atoms with van der Waals surface area (Å²) in [6.07, 6.45) is 3.51. The van der Waals surface area contributed by atoms with Crippen molar-refractivity contribution in [1.82, 2.24) is 9.47 Å². The lowest BCUT2D eigenvalue weighted by atomic mass is 10.1. The zero-order valence-electron chi connectivity index (χ0n) is 16.8. The van der Waals surface area contributed by atoms with Crippen molar-refractivity contribution in [1.29, 1.82) is 0 Å². The second kappa shape index (κ2) is 8.14. The quantitative estimate of drug-likeness (QED) is 0.832. The standard InChI is InChI=1S/C22H24N4O4/c1-24-13-16(21(29)25-9-5-6-10-25)11-18(22(24)30)23-20(28)15-12-19(27)26(14-15)17-7-3-2-4-8-17/h2-4,7-8,11,13,15H,5-6,9-10,12,14H2,1H3,(H,23,28). The topological polar surface area (TPSA) is 91.7 Å². The van der Waals surface area contributed by atoms with Crippen LogP contribution in [-0.4, -0.2) is 46.8 Å². The molecule has 4 rings (SSSR count). The first kappa shape index (κ1) is 19.9. The van der Waals surface area contributed by atoms with E-state index in [4.69, 9.17) is 0 Å². The van der Waals surface area contributed by atoms with Crippen molar-refractivity contribution in [3.63, 3.8) is 0 Å². The molecule has 8 heteroatoms. The third-order valence-corrected chi connectivity index (χ3v) is 5.65. The molecule has 0 spiro atoms. The molecule has 8 nitrogen and oxygen atoms in total. The minimum Gasteiger partial charge on any atom is -0.339 e. The van der Waals surface area contributed by atoms with E-state index in [0.29, 0.717) is 18.7 Å². The Morgan fingerprint density at radius 1 is 1.07 bits per heavy atom. The molecule has 3 heterocycles. The maximum atomic E-state index is 12.8. The number of hydrogen-bond acceptors (Lipinski definition) is 4. The van der Waals surface area contributed by atoms with Gasteiger partial charge in [0.15, 0.2) is 0 Å². The van der Waals surface area contributed by atoms with Gasteiger partial charge in [-0.25, -0.2) is 0 Å². The van der Waals surface area contributed by atoms with E-state index in [1.54, 1.807) is 16.8 Å². The highest BCUT2D eigenvalue weighted by molar-refractivity contribution is 6.04. The van der Waals surface area contributed by atoms with Crippen LogP contribution in [0.25, 0.3) is 0 Å². The van der Waals surface area contributed by atoms with E-state index >= 15 is 0 Å². The first-order valence-corrected chi connectivity index (χ1v) is 10.1. The fourth-order valence-corrected chi connectivity index (χ4v) is 4.00. The van der Waals surface area contributed by atoms with Crippen LogP contribution in [0.5, 0.6) is 0 Å². The predicted octanol–water partition coefficient (Wildman–Crippen LogP) is 1.61. The van der Waals surface area contributed by atoms with E-state index in [1.165, 1.54) is 16.8 Å². The Morgan fingerprint density at radius 3 is 2.47 bits per heavy atom. The molecule has 30 heavy (non-hydrogen) atoms. The number of para-hydroxylation sites is 1. The average molecular weight is 408 g/mol. The van der Waals surface area contributed by atoms with E-state index in [9.17, 15) is 19.2 Å². The van der Waals surface area contributed by atoms with Crippen molar-refractivity contribution in [2.75, 3.05) is 29.9 Å². The number of hydrogen-bond donors (Lipinski definition) is 1. The van der Waals surface area contributed by atoms with Gasteiger partial charge in [-0.3, -0.25) is 19.2 Å². The zero-order valence-corrected chi connectivity index (χ0v) is 16.8. The van der Waals surface area contributed by atoms with Gasteiger partial charge in [0.2, 0.25) is 11.8 Å². The number of benzene rings is 1. The molecule has 2 aromatic rings. The van der Waals surface area contributed by atoms with Crippen LogP contribution < -0.4 is 15.8 Å². The first-order chi connectivity index (χ1) is 14.4. The van der Waals surface area contributed by atoms with E-state index in [0.717, 1.165) is 18.5 Å². The van der Waals surface area contributed by atoms with E-state index < -0.39 is 17.4 Å². The van der Waals surface area contributed by atoms with Crippen molar-refractivity contribution < 1.29 is 14.4 Å². The van der Waals surface area contributed by atoms with Gasteiger partial charge in [0.25, 0.3) is 11.5 Å². The molecular weight excluding hydrogens is 384 g/mol. The molecule has 2 fully saturated rings. The number of aryl methyl sites for hydroxylation is 1. The van der Waals surface area contributed by atoms with Crippen molar-refractivity contribution in [3.05, 3.63) is 58.5 Å². The number of aromatic nitrogens is 1. The van der Waals surface area contributed by atoms with Gasteiger partial charge in [-0.1, -0.05) is 18.2 Å². The van der Waals surface area contributed by atoms with Crippen LogP contribution in [0.3, 0.4) is 0 Å². The van der Waals surface area contributed by atoms with Crippen molar-refractivity contribution in [3.8, 4) is 0 Å². The molecule has 0 radical (unpaired) electrons. The summed E-state index contributed by atoms with van der Waals surface area (Å²) in [7, 11) is 1.55. The van der Waals surface area contributed by atoms with E-state index in [1.807, 2.05) is 30.3 Å². The summed E-state index contributed by atoms with van der Waals surface area (Å²) in [5, 5.41) is 2.65. The highest BCUT2D eigenvalue weighted by atomic mass is 16.2. The number of carbonyl (C=O) groups excluding carboxylic acids is 3. The summed E-state index contributed by atoms with van der Waals surface area (Å²) in [4.78, 5) is 53.7. The van der Waals surface area contributed by atoms with Crippen LogP contribution in [0.1, 0.15) is 29.6 Å². The highest BCUT2D eigenvalue weighted by Gasteiger charge is 2.35. The van der Waals surface area contributed by atoms with Crippen LogP contribution in [0.15, 0.2) is 47.4 Å². The van der Waals surface area contributed by atoms with Crippen LogP contribution in [-0.2, 0) is 16.6 Å². The lowest BCUT2D eigenvalue weighted by molar-refractivity contribution is -0.122. The van der Waals surface area contributed by atoms with Crippen molar-refractivity contribution >= 4 is 29.1 Å². The monoisotopic (exact) mass is 408 g/mol. The number of carbonyl (C=O) groups is 3. The molecule has 156 valence electrons. The summed E-state index contributed by atoms with van der Waals surface area (Å²) in [6, 6.07) is 10.6. The Kier molecular flexibility index (Phi) is 5.39. The van der Waals surface area contributed by atoms with Crippen LogP contribution in [0, 0.1) is 5.92 Å². The highest BCUT2D eigenvalue weighted by Crippen LogP contribution is 2.25. The lowest BCUT2D eigenvalue weighted by Gasteiger charge is -2.18. The summed E-state index contributed by atoms with van der Waals surface area (Å²) in [5.74, 6) is -1.25. The van der Waals surface area contributed by atoms with Gasteiger partial charge in [-0.2, -0.15) is 0 Å². The molecule has 2 saturated heterocycles. The van der Waals surface area contributed by atoms with Gasteiger partial charge in [0.1, 0.15) is 5.69 Å². The van der Waals surface area contributed by atoms with Gasteiger partial charge in [0.05, 0.1) is 11.5 Å². The minimum atomic E-state index is -0.569. The summed E-state index contributed by atoms with van der Waals surface area (Å²) in [5.41, 5.74) is 0.762. The fraction of sp³-hybridized carbons (Fsp3) is 0.364. The van der Waals surface area contributed by atoms with E-state index in [-0.39, 0.29) is 30.5 Å². The van der Waals surface area contributed by atoms with Gasteiger partial charge in [0, 0.05) is 45.0 Å². The van der Waals surface area contributed by atoms with E-state index in [2.05, 4.69) is 5.32 Å². The minimum absolute atomic E-state index is 0.0538. The summed E-state index contributed by atoms with van der Waals surface area (Å²) in [6.45, 7) is 1.65. The predicted molar refractivity (Wildman–Crippen MR) is 112 cm³/mol. The van der Waals surface area contributed by atoms with Gasteiger partial charge in [-0.05, 0) is 31.0 Å². The molecule has 0 bridgehead atoms. The molecule has 1 aromatic carbocycles. The second-order valence-corrected chi connectivity index (χ2v) is 7.79. The number of nitrogens with one attached hydrogen (secondary N) is 1. The Bertz CT molecular complexity index is 1040. The molecule has 2 aliphatic heterocycles. The molecule has 3 amide bonds. The normalized spacial score (nSPS) is 18.7. The SMILES string of the molecule is Cn1cc(C(=O)N2CCCC2)cc(NC(=O)C2CC(=O)N(c3ccccc3)C2)c1=O. The molecule has 1 atom stereocenters. The zero-order chi connectivity index (χ0) is 21.3. The number of likely N-dealkylation sites (tertiary alicyclic amines) is 1.